The molecule has 2 heterocycles. The van der Waals surface area contributed by atoms with Crippen LogP contribution < -0.4 is 10.1 Å². The number of rotatable bonds is 6. The van der Waals surface area contributed by atoms with Gasteiger partial charge in [0.2, 0.25) is 5.91 Å². The smallest absolute Gasteiger partial charge is 0.224 e. The van der Waals surface area contributed by atoms with Crippen molar-refractivity contribution in [2.24, 2.45) is 0 Å². The Bertz CT molecular complexity index is 798. The van der Waals surface area contributed by atoms with Crippen molar-refractivity contribution in [3.05, 3.63) is 70.7 Å². The maximum Gasteiger partial charge on any atom is 0.224 e. The average Bonchev–Trinajstić information content (AvgIpc) is 3.16. The topological polar surface area (TPSA) is 51.2 Å². The quantitative estimate of drug-likeness (QED) is 0.746. The Morgan fingerprint density at radius 2 is 1.96 bits per heavy atom. The Morgan fingerprint density at radius 3 is 2.67 bits per heavy atom. The van der Waals surface area contributed by atoms with Crippen molar-refractivity contribution in [2.75, 3.05) is 7.11 Å². The number of carbonyl (C=O) groups is 1. The van der Waals surface area contributed by atoms with Gasteiger partial charge in [-0.1, -0.05) is 12.1 Å². The van der Waals surface area contributed by atoms with Crippen LogP contribution in [0.3, 0.4) is 0 Å². The molecule has 24 heavy (non-hydrogen) atoms. The Kier molecular flexibility index (Phi) is 5.23. The summed E-state index contributed by atoms with van der Waals surface area (Å²) in [5.41, 5.74) is 4.16. The molecule has 4 nitrogen and oxygen atoms in total. The zero-order chi connectivity index (χ0) is 16.8. The Labute approximate surface area is 145 Å². The highest BCUT2D eigenvalue weighted by molar-refractivity contribution is 7.08. The van der Waals surface area contributed by atoms with Crippen molar-refractivity contribution in [2.45, 2.75) is 13.0 Å². The van der Waals surface area contributed by atoms with Gasteiger partial charge in [-0.05, 0) is 51.7 Å². The van der Waals surface area contributed by atoms with Crippen LogP contribution >= 0.6 is 11.3 Å². The SMILES string of the molecule is COc1ccc(CC(=O)NCc2cncc(-c3ccsc3)c2)cc1. The summed E-state index contributed by atoms with van der Waals surface area (Å²) in [7, 11) is 1.62. The van der Waals surface area contributed by atoms with E-state index in [4.69, 9.17) is 4.74 Å². The van der Waals surface area contributed by atoms with Gasteiger partial charge < -0.3 is 10.1 Å². The summed E-state index contributed by atoms with van der Waals surface area (Å²) in [4.78, 5) is 16.4. The fraction of sp³-hybridized carbons (Fsp3) is 0.158. The zero-order valence-electron chi connectivity index (χ0n) is 13.4. The number of pyridine rings is 1. The normalized spacial score (nSPS) is 10.4. The predicted octanol–water partition coefficient (Wildman–Crippen LogP) is 3.68. The molecule has 0 saturated carbocycles. The number of thiophene rings is 1. The van der Waals surface area contributed by atoms with E-state index in [0.29, 0.717) is 13.0 Å². The standard InChI is InChI=1S/C19H18N2O2S/c1-23-18-4-2-14(3-5-18)9-19(22)21-11-15-8-17(12-20-10-15)16-6-7-24-13-16/h2-8,10,12-13H,9,11H2,1H3,(H,21,22). The first kappa shape index (κ1) is 16.2. The molecule has 0 unspecified atom stereocenters. The van der Waals surface area contributed by atoms with E-state index in [1.54, 1.807) is 24.6 Å². The molecule has 0 radical (unpaired) electrons. The van der Waals surface area contributed by atoms with Crippen LogP contribution in [0.1, 0.15) is 11.1 Å². The van der Waals surface area contributed by atoms with Gasteiger partial charge in [-0.3, -0.25) is 9.78 Å². The highest BCUT2D eigenvalue weighted by Crippen LogP contribution is 2.21. The first-order chi connectivity index (χ1) is 11.7. The van der Waals surface area contributed by atoms with E-state index in [9.17, 15) is 4.79 Å². The van der Waals surface area contributed by atoms with Crippen molar-refractivity contribution < 1.29 is 9.53 Å². The van der Waals surface area contributed by atoms with Crippen molar-refractivity contribution in [3.8, 4) is 16.9 Å². The molecule has 0 aliphatic carbocycles. The number of hydrogen-bond acceptors (Lipinski definition) is 4. The van der Waals surface area contributed by atoms with Gasteiger partial charge in [0.15, 0.2) is 0 Å². The van der Waals surface area contributed by atoms with Gasteiger partial charge in [-0.2, -0.15) is 11.3 Å². The summed E-state index contributed by atoms with van der Waals surface area (Å²) in [5.74, 6) is 0.775. The van der Waals surface area contributed by atoms with E-state index in [1.165, 1.54) is 0 Å². The second-order valence-electron chi connectivity index (χ2n) is 5.40. The van der Waals surface area contributed by atoms with Crippen LogP contribution in [0.25, 0.3) is 11.1 Å². The Balaban J connectivity index is 1.57. The van der Waals surface area contributed by atoms with Gasteiger partial charge in [0, 0.05) is 24.5 Å². The first-order valence-corrected chi connectivity index (χ1v) is 8.55. The van der Waals surface area contributed by atoms with Gasteiger partial charge in [-0.15, -0.1) is 0 Å². The highest BCUT2D eigenvalue weighted by Gasteiger charge is 2.05. The summed E-state index contributed by atoms with van der Waals surface area (Å²) < 4.78 is 5.11. The minimum Gasteiger partial charge on any atom is -0.497 e. The lowest BCUT2D eigenvalue weighted by Crippen LogP contribution is -2.24. The molecule has 0 aliphatic heterocycles. The summed E-state index contributed by atoms with van der Waals surface area (Å²) in [6, 6.07) is 11.6. The minimum atomic E-state index is -0.0129. The van der Waals surface area contributed by atoms with Gasteiger partial charge in [0.05, 0.1) is 13.5 Å². The molecule has 0 bridgehead atoms. The number of benzene rings is 1. The number of amides is 1. The van der Waals surface area contributed by atoms with Crippen LogP contribution in [0.5, 0.6) is 5.75 Å². The summed E-state index contributed by atoms with van der Waals surface area (Å²) in [6.45, 7) is 0.472. The molecule has 0 fully saturated rings. The number of nitrogens with one attached hydrogen (secondary N) is 1. The second kappa shape index (κ2) is 7.75. The number of aromatic nitrogens is 1. The summed E-state index contributed by atoms with van der Waals surface area (Å²) in [6.07, 6.45) is 3.97. The van der Waals surface area contributed by atoms with E-state index < -0.39 is 0 Å². The molecule has 122 valence electrons. The van der Waals surface area contributed by atoms with Crippen LogP contribution in [0.2, 0.25) is 0 Å². The average molecular weight is 338 g/mol. The Morgan fingerprint density at radius 1 is 1.12 bits per heavy atom. The summed E-state index contributed by atoms with van der Waals surface area (Å²) >= 11 is 1.66. The van der Waals surface area contributed by atoms with E-state index in [-0.39, 0.29) is 5.91 Å². The molecule has 0 saturated heterocycles. The van der Waals surface area contributed by atoms with E-state index in [1.807, 2.05) is 35.8 Å². The molecule has 0 spiro atoms. The van der Waals surface area contributed by atoms with E-state index in [0.717, 1.165) is 28.0 Å². The Hall–Kier alpha value is -2.66. The van der Waals surface area contributed by atoms with Crippen LogP contribution in [0.15, 0.2) is 59.6 Å². The maximum atomic E-state index is 12.1. The van der Waals surface area contributed by atoms with Gasteiger partial charge in [0.25, 0.3) is 0 Å². The molecule has 1 aromatic carbocycles. The van der Waals surface area contributed by atoms with Crippen LogP contribution in [0.4, 0.5) is 0 Å². The molecule has 0 atom stereocenters. The van der Waals surface area contributed by atoms with Crippen molar-refractivity contribution in [3.63, 3.8) is 0 Å². The number of hydrogen-bond donors (Lipinski definition) is 1. The van der Waals surface area contributed by atoms with Crippen molar-refractivity contribution >= 4 is 17.2 Å². The molecule has 5 heteroatoms. The largest absolute Gasteiger partial charge is 0.497 e. The van der Waals surface area contributed by atoms with E-state index >= 15 is 0 Å². The number of methoxy groups -OCH3 is 1. The molecule has 3 aromatic rings. The molecular formula is C19H18N2O2S. The third kappa shape index (κ3) is 4.20. The number of carbonyl (C=O) groups excluding carboxylic acids is 1. The number of ether oxygens (including phenoxy) is 1. The molecule has 2 aromatic heterocycles. The van der Waals surface area contributed by atoms with Crippen LogP contribution in [0, 0.1) is 0 Å². The van der Waals surface area contributed by atoms with Crippen LogP contribution in [-0.2, 0) is 17.8 Å². The first-order valence-electron chi connectivity index (χ1n) is 7.61. The second-order valence-corrected chi connectivity index (χ2v) is 6.18. The highest BCUT2D eigenvalue weighted by atomic mass is 32.1. The molecule has 1 N–H and O–H groups in total. The fourth-order valence-electron chi connectivity index (χ4n) is 2.36. The monoisotopic (exact) mass is 338 g/mol. The fourth-order valence-corrected chi connectivity index (χ4v) is 3.03. The third-order valence-electron chi connectivity index (χ3n) is 3.66. The third-order valence-corrected chi connectivity index (χ3v) is 4.35. The predicted molar refractivity (Wildman–Crippen MR) is 96.1 cm³/mol. The van der Waals surface area contributed by atoms with Crippen LogP contribution in [-0.4, -0.2) is 18.0 Å². The van der Waals surface area contributed by atoms with Gasteiger partial charge in [0.1, 0.15) is 5.75 Å². The van der Waals surface area contributed by atoms with Gasteiger partial charge >= 0.3 is 0 Å². The van der Waals surface area contributed by atoms with Crippen molar-refractivity contribution in [1.29, 1.82) is 0 Å². The van der Waals surface area contributed by atoms with Gasteiger partial charge in [-0.25, -0.2) is 0 Å². The minimum absolute atomic E-state index is 0.0129. The lowest BCUT2D eigenvalue weighted by molar-refractivity contribution is -0.120. The lowest BCUT2D eigenvalue weighted by Gasteiger charge is -2.07. The molecular weight excluding hydrogens is 320 g/mol. The molecule has 3 rings (SSSR count). The van der Waals surface area contributed by atoms with E-state index in [2.05, 4.69) is 27.8 Å². The summed E-state index contributed by atoms with van der Waals surface area (Å²) in [5, 5.41) is 7.07. The molecule has 1 amide bonds. The maximum absolute atomic E-state index is 12.1. The zero-order valence-corrected chi connectivity index (χ0v) is 14.2. The van der Waals surface area contributed by atoms with Crippen molar-refractivity contribution in [1.82, 2.24) is 10.3 Å². The number of nitrogens with zero attached hydrogens (tertiary/aromatic N) is 1. The molecule has 0 aliphatic rings. The lowest BCUT2D eigenvalue weighted by atomic mass is 10.1.